The largest absolute Gasteiger partial charge is 0.496 e. The van der Waals surface area contributed by atoms with Crippen molar-refractivity contribution in [3.8, 4) is 11.5 Å². The Labute approximate surface area is 228 Å². The fourth-order valence-electron chi connectivity index (χ4n) is 4.81. The topological polar surface area (TPSA) is 107 Å². The molecule has 2 amide bonds. The lowest BCUT2D eigenvalue weighted by atomic mass is 9.74. The molecule has 2 saturated carbocycles. The maximum atomic E-state index is 13.5. The van der Waals surface area contributed by atoms with Crippen LogP contribution >= 0.6 is 11.6 Å². The van der Waals surface area contributed by atoms with Crippen LogP contribution in [-0.2, 0) is 27.4 Å². The lowest BCUT2D eigenvalue weighted by Crippen LogP contribution is -2.66. The molecule has 4 rings (SSSR count). The minimum absolute atomic E-state index is 0.112. The van der Waals surface area contributed by atoms with Crippen molar-refractivity contribution >= 4 is 23.6 Å². The molecule has 0 atom stereocenters. The van der Waals surface area contributed by atoms with E-state index in [1.807, 2.05) is 36.4 Å². The van der Waals surface area contributed by atoms with Gasteiger partial charge in [0.1, 0.15) is 17.0 Å². The van der Waals surface area contributed by atoms with Crippen molar-refractivity contribution in [1.82, 2.24) is 10.2 Å². The Balaban J connectivity index is 1.54. The molecule has 0 radical (unpaired) electrons. The Morgan fingerprint density at radius 3 is 2.42 bits per heavy atom. The molecule has 2 aliphatic carbocycles. The SMILES string of the molecule is COc1cc(CN(CCOCc2ccccc2)C(=O)N[C@]2(C(=O)O)C[C@@H](OC)C2)c(Cl)c(OC)c1C1CC1. The smallest absolute Gasteiger partial charge is 0.329 e. The molecule has 0 aromatic heterocycles. The average Bonchev–Trinajstić information content (AvgIpc) is 3.73. The number of halogens is 1. The van der Waals surface area contributed by atoms with Gasteiger partial charge in [-0.2, -0.15) is 0 Å². The number of carbonyl (C=O) groups excluding carboxylic acids is 1. The van der Waals surface area contributed by atoms with E-state index in [9.17, 15) is 14.7 Å². The quantitative estimate of drug-likeness (QED) is 0.354. The number of carboxylic acid groups (broad SMARTS) is 1. The van der Waals surface area contributed by atoms with Gasteiger partial charge in [0, 0.05) is 38.6 Å². The average molecular weight is 547 g/mol. The van der Waals surface area contributed by atoms with Crippen LogP contribution in [0.5, 0.6) is 11.5 Å². The standard InChI is InChI=1S/C28H35ClN2O7/c1-35-21-14-28(15-21,26(32)33)30-27(34)31(11-12-38-17-18-7-5-4-6-8-18)16-20-13-22(36-2)23(19-9-10-19)25(37-3)24(20)29/h4-8,13,19,21H,9-12,14-17H2,1-3H3,(H,30,34)(H,32,33)/t21-,28-. The zero-order valence-corrected chi connectivity index (χ0v) is 22.8. The second kappa shape index (κ2) is 12.2. The van der Waals surface area contributed by atoms with Crippen LogP contribution in [0.2, 0.25) is 5.02 Å². The van der Waals surface area contributed by atoms with E-state index in [1.165, 1.54) is 12.0 Å². The van der Waals surface area contributed by atoms with E-state index in [1.54, 1.807) is 14.2 Å². The Morgan fingerprint density at radius 1 is 1.13 bits per heavy atom. The summed E-state index contributed by atoms with van der Waals surface area (Å²) in [5, 5.41) is 13.0. The van der Waals surface area contributed by atoms with Crippen molar-refractivity contribution in [2.24, 2.45) is 0 Å². The van der Waals surface area contributed by atoms with Gasteiger partial charge in [0.25, 0.3) is 0 Å². The van der Waals surface area contributed by atoms with Gasteiger partial charge in [0.05, 0.1) is 38.6 Å². The van der Waals surface area contributed by atoms with Crippen LogP contribution in [0, 0.1) is 0 Å². The molecule has 0 bridgehead atoms. The normalized spacial score (nSPS) is 20.4. The van der Waals surface area contributed by atoms with E-state index < -0.39 is 17.5 Å². The summed E-state index contributed by atoms with van der Waals surface area (Å²) in [7, 11) is 4.69. The number of carbonyl (C=O) groups is 2. The minimum atomic E-state index is -1.38. The van der Waals surface area contributed by atoms with E-state index in [2.05, 4.69) is 5.32 Å². The third-order valence-corrected chi connectivity index (χ3v) is 7.63. The molecule has 38 heavy (non-hydrogen) atoms. The number of hydrogen-bond donors (Lipinski definition) is 2. The van der Waals surface area contributed by atoms with Crippen LogP contribution in [-0.4, -0.2) is 68.1 Å². The van der Waals surface area contributed by atoms with Crippen molar-refractivity contribution < 1.29 is 33.6 Å². The lowest BCUT2D eigenvalue weighted by Gasteiger charge is -2.44. The van der Waals surface area contributed by atoms with E-state index in [4.69, 9.17) is 30.5 Å². The zero-order chi connectivity index (χ0) is 27.3. The molecular formula is C28H35ClN2O7. The van der Waals surface area contributed by atoms with Gasteiger partial charge >= 0.3 is 12.0 Å². The molecule has 0 unspecified atom stereocenters. The number of methoxy groups -OCH3 is 3. The molecule has 2 aromatic rings. The highest BCUT2D eigenvalue weighted by molar-refractivity contribution is 6.33. The predicted octanol–water partition coefficient (Wildman–Crippen LogP) is 4.60. The first kappa shape index (κ1) is 28.0. The molecule has 0 heterocycles. The molecule has 2 aliphatic rings. The van der Waals surface area contributed by atoms with E-state index in [0.29, 0.717) is 34.6 Å². The van der Waals surface area contributed by atoms with Crippen molar-refractivity contribution in [1.29, 1.82) is 0 Å². The van der Waals surface area contributed by atoms with Gasteiger partial charge in [-0.05, 0) is 36.0 Å². The van der Waals surface area contributed by atoms with Gasteiger partial charge < -0.3 is 34.3 Å². The molecule has 2 fully saturated rings. The summed E-state index contributed by atoms with van der Waals surface area (Å²) >= 11 is 6.78. The highest BCUT2D eigenvalue weighted by atomic mass is 35.5. The number of benzene rings is 2. The number of ether oxygens (including phenoxy) is 4. The van der Waals surface area contributed by atoms with Crippen LogP contribution in [0.15, 0.2) is 36.4 Å². The number of rotatable bonds is 13. The van der Waals surface area contributed by atoms with Crippen LogP contribution in [0.25, 0.3) is 0 Å². The Hall–Kier alpha value is -3.01. The van der Waals surface area contributed by atoms with Crippen molar-refractivity contribution in [3.63, 3.8) is 0 Å². The summed E-state index contributed by atoms with van der Waals surface area (Å²) < 4.78 is 22.4. The highest BCUT2D eigenvalue weighted by Crippen LogP contribution is 2.52. The van der Waals surface area contributed by atoms with E-state index in [0.717, 1.165) is 24.0 Å². The molecular weight excluding hydrogens is 512 g/mol. The summed E-state index contributed by atoms with van der Waals surface area (Å²) in [6, 6.07) is 11.0. The number of nitrogens with one attached hydrogen (secondary N) is 1. The summed E-state index contributed by atoms with van der Waals surface area (Å²) in [5.41, 5.74) is 1.21. The fourth-order valence-corrected chi connectivity index (χ4v) is 5.11. The number of carboxylic acids is 1. The summed E-state index contributed by atoms with van der Waals surface area (Å²) in [6.45, 7) is 0.965. The number of urea groups is 1. The van der Waals surface area contributed by atoms with Gasteiger partial charge in [0.2, 0.25) is 0 Å². The second-order valence-electron chi connectivity index (χ2n) is 9.82. The van der Waals surface area contributed by atoms with E-state index in [-0.39, 0.29) is 38.6 Å². The molecule has 0 spiro atoms. The first-order valence-corrected chi connectivity index (χ1v) is 13.1. The Kier molecular flexibility index (Phi) is 9.02. The molecule has 0 saturated heterocycles. The van der Waals surface area contributed by atoms with Gasteiger partial charge in [-0.25, -0.2) is 9.59 Å². The van der Waals surface area contributed by atoms with Crippen LogP contribution in [0.3, 0.4) is 0 Å². The number of nitrogens with zero attached hydrogens (tertiary/aromatic N) is 1. The van der Waals surface area contributed by atoms with Crippen LogP contribution in [0.1, 0.15) is 48.3 Å². The molecule has 9 nitrogen and oxygen atoms in total. The minimum Gasteiger partial charge on any atom is -0.496 e. The number of amides is 2. The first-order valence-electron chi connectivity index (χ1n) is 12.7. The Morgan fingerprint density at radius 2 is 1.84 bits per heavy atom. The van der Waals surface area contributed by atoms with Gasteiger partial charge in [-0.15, -0.1) is 0 Å². The van der Waals surface area contributed by atoms with Crippen molar-refractivity contribution in [2.75, 3.05) is 34.5 Å². The second-order valence-corrected chi connectivity index (χ2v) is 10.2. The maximum absolute atomic E-state index is 13.5. The molecule has 10 heteroatoms. The number of aliphatic carboxylic acids is 1. The highest BCUT2D eigenvalue weighted by Gasteiger charge is 2.52. The summed E-state index contributed by atoms with van der Waals surface area (Å²) in [4.78, 5) is 27.0. The summed E-state index contributed by atoms with van der Waals surface area (Å²) in [6.07, 6.45) is 2.25. The molecule has 206 valence electrons. The van der Waals surface area contributed by atoms with Crippen LogP contribution in [0.4, 0.5) is 4.79 Å². The third-order valence-electron chi connectivity index (χ3n) is 7.21. The fraction of sp³-hybridized carbons (Fsp3) is 0.500. The van der Waals surface area contributed by atoms with Gasteiger partial charge in [0.15, 0.2) is 0 Å². The van der Waals surface area contributed by atoms with E-state index >= 15 is 0 Å². The monoisotopic (exact) mass is 546 g/mol. The number of hydrogen-bond acceptors (Lipinski definition) is 6. The Bertz CT molecular complexity index is 1130. The van der Waals surface area contributed by atoms with Crippen LogP contribution < -0.4 is 14.8 Å². The third kappa shape index (κ3) is 6.17. The molecule has 0 aliphatic heterocycles. The lowest BCUT2D eigenvalue weighted by molar-refractivity contribution is -0.155. The molecule has 2 N–H and O–H groups in total. The zero-order valence-electron chi connectivity index (χ0n) is 22.0. The predicted molar refractivity (Wildman–Crippen MR) is 142 cm³/mol. The maximum Gasteiger partial charge on any atom is 0.329 e. The van der Waals surface area contributed by atoms with Crippen molar-refractivity contribution in [3.05, 3.63) is 58.1 Å². The van der Waals surface area contributed by atoms with Gasteiger partial charge in [-0.3, -0.25) is 0 Å². The molecule has 2 aromatic carbocycles. The first-order chi connectivity index (χ1) is 18.3. The van der Waals surface area contributed by atoms with Gasteiger partial charge in [-0.1, -0.05) is 41.9 Å². The summed E-state index contributed by atoms with van der Waals surface area (Å²) in [5.74, 6) is 0.455. The van der Waals surface area contributed by atoms with Crippen molar-refractivity contribution in [2.45, 2.75) is 56.4 Å².